The molecule has 3 rings (SSSR count). The lowest BCUT2D eigenvalue weighted by Gasteiger charge is -2.36. The molecule has 7 heteroatoms. The lowest BCUT2D eigenvalue weighted by molar-refractivity contribution is -0.914. The highest BCUT2D eigenvalue weighted by atomic mass is 16.5. The second-order valence-electron chi connectivity index (χ2n) is 8.07. The van der Waals surface area contributed by atoms with E-state index in [1.54, 1.807) is 7.11 Å². The molecule has 2 aromatic rings. The van der Waals surface area contributed by atoms with Gasteiger partial charge in [-0.1, -0.05) is 30.3 Å². The molecule has 1 aliphatic rings. The normalized spacial score (nSPS) is 15.3. The minimum Gasteiger partial charge on any atom is -0.495 e. The van der Waals surface area contributed by atoms with E-state index < -0.39 is 0 Å². The van der Waals surface area contributed by atoms with E-state index >= 15 is 0 Å². The number of anilines is 2. The maximum absolute atomic E-state index is 12.6. The number of carbonyl (C=O) groups excluding carboxylic acids is 2. The average molecular weight is 426 g/mol. The number of ether oxygens (including phenoxy) is 1. The first-order valence-corrected chi connectivity index (χ1v) is 10.8. The van der Waals surface area contributed by atoms with Crippen molar-refractivity contribution in [3.63, 3.8) is 0 Å². The molecule has 0 spiro atoms. The number of hydrogen-bond acceptors (Lipinski definition) is 4. The third kappa shape index (κ3) is 5.55. The third-order valence-corrected chi connectivity index (χ3v) is 6.01. The van der Waals surface area contributed by atoms with Gasteiger partial charge in [-0.25, -0.2) is 0 Å². The summed E-state index contributed by atoms with van der Waals surface area (Å²) < 4.78 is 5.47. The number of amides is 2. The molecule has 7 nitrogen and oxygen atoms in total. The zero-order valence-corrected chi connectivity index (χ0v) is 18.8. The Hall–Kier alpha value is -3.06. The molecule has 1 atom stereocenters. The molecule has 2 aromatic carbocycles. The number of carbonyl (C=O) groups is 2. The average Bonchev–Trinajstić information content (AvgIpc) is 2.79. The van der Waals surface area contributed by atoms with E-state index in [1.165, 1.54) is 4.90 Å². The molecule has 1 saturated heterocycles. The molecule has 0 saturated carbocycles. The molecule has 1 fully saturated rings. The number of quaternary nitrogens is 1. The smallest absolute Gasteiger partial charge is 0.278 e. The van der Waals surface area contributed by atoms with Gasteiger partial charge in [-0.3, -0.25) is 9.59 Å². The van der Waals surface area contributed by atoms with Gasteiger partial charge in [-0.15, -0.1) is 0 Å². The first kappa shape index (κ1) is 22.6. The van der Waals surface area contributed by atoms with Crippen LogP contribution in [0, 0.1) is 13.8 Å². The Labute approximate surface area is 184 Å². The highest BCUT2D eigenvalue weighted by Gasteiger charge is 2.30. The fourth-order valence-corrected chi connectivity index (χ4v) is 4.06. The predicted molar refractivity (Wildman–Crippen MR) is 123 cm³/mol. The van der Waals surface area contributed by atoms with Crippen LogP contribution < -0.4 is 25.2 Å². The molecule has 3 N–H and O–H groups in total. The largest absolute Gasteiger partial charge is 0.495 e. The van der Waals surface area contributed by atoms with Gasteiger partial charge >= 0.3 is 0 Å². The number of rotatable bonds is 7. The van der Waals surface area contributed by atoms with E-state index in [4.69, 9.17) is 4.74 Å². The van der Waals surface area contributed by atoms with E-state index in [1.807, 2.05) is 57.2 Å². The molecular formula is C24H33N4O3+. The number of piperazine rings is 1. The zero-order valence-electron chi connectivity index (χ0n) is 18.8. The van der Waals surface area contributed by atoms with E-state index in [0.717, 1.165) is 54.4 Å². The summed E-state index contributed by atoms with van der Waals surface area (Å²) in [5.74, 6) is 0.554. The maximum atomic E-state index is 12.6. The van der Waals surface area contributed by atoms with Gasteiger partial charge in [0.25, 0.3) is 5.91 Å². The molecular weight excluding hydrogens is 392 g/mol. The van der Waals surface area contributed by atoms with Crippen molar-refractivity contribution in [2.75, 3.05) is 50.1 Å². The minimum atomic E-state index is -0.215. The van der Waals surface area contributed by atoms with Crippen LogP contribution in [0.5, 0.6) is 5.75 Å². The molecule has 2 amide bonds. The Kier molecular flexibility index (Phi) is 7.52. The van der Waals surface area contributed by atoms with Gasteiger partial charge in [0.05, 0.1) is 45.5 Å². The van der Waals surface area contributed by atoms with Crippen molar-refractivity contribution in [3.8, 4) is 5.75 Å². The molecule has 0 radical (unpaired) electrons. The van der Waals surface area contributed by atoms with E-state index in [9.17, 15) is 9.59 Å². The van der Waals surface area contributed by atoms with E-state index in [0.29, 0.717) is 0 Å². The van der Waals surface area contributed by atoms with Crippen molar-refractivity contribution < 1.29 is 19.2 Å². The minimum absolute atomic E-state index is 0.0302. The van der Waals surface area contributed by atoms with Gasteiger partial charge in [0.2, 0.25) is 5.91 Å². The van der Waals surface area contributed by atoms with Crippen molar-refractivity contribution in [1.29, 1.82) is 0 Å². The van der Waals surface area contributed by atoms with Gasteiger partial charge in [-0.2, -0.15) is 0 Å². The van der Waals surface area contributed by atoms with Gasteiger partial charge < -0.3 is 25.2 Å². The zero-order chi connectivity index (χ0) is 22.4. The van der Waals surface area contributed by atoms with Crippen LogP contribution in [0.2, 0.25) is 0 Å². The number of aryl methyl sites for hydroxylation is 2. The fraction of sp³-hybridized carbons (Fsp3) is 0.417. The van der Waals surface area contributed by atoms with Crippen LogP contribution in [0.15, 0.2) is 42.5 Å². The van der Waals surface area contributed by atoms with Crippen LogP contribution >= 0.6 is 0 Å². The molecule has 166 valence electrons. The first-order chi connectivity index (χ1) is 14.9. The quantitative estimate of drug-likeness (QED) is 0.622. The Morgan fingerprint density at radius 1 is 1.06 bits per heavy atom. The Morgan fingerprint density at radius 3 is 2.35 bits per heavy atom. The second kappa shape index (κ2) is 10.3. The van der Waals surface area contributed by atoms with Gasteiger partial charge in [-0.05, 0) is 44.0 Å². The van der Waals surface area contributed by atoms with Crippen molar-refractivity contribution in [1.82, 2.24) is 5.32 Å². The summed E-state index contributed by atoms with van der Waals surface area (Å²) >= 11 is 0. The highest BCUT2D eigenvalue weighted by Crippen LogP contribution is 2.27. The molecule has 0 aliphatic carbocycles. The van der Waals surface area contributed by atoms with Gasteiger partial charge in [0, 0.05) is 5.69 Å². The SMILES string of the molecule is COc1ccccc1N1CC[NH+]([C@@H](C)C(=O)NCC(=O)Nc2c(C)cccc2C)CC1. The highest BCUT2D eigenvalue weighted by molar-refractivity contribution is 5.96. The van der Waals surface area contributed by atoms with Crippen LogP contribution in [-0.4, -0.2) is 57.7 Å². The number of methoxy groups -OCH3 is 1. The van der Waals surface area contributed by atoms with E-state index in [2.05, 4.69) is 21.6 Å². The fourth-order valence-electron chi connectivity index (χ4n) is 4.06. The van der Waals surface area contributed by atoms with Crippen LogP contribution in [0.25, 0.3) is 0 Å². The van der Waals surface area contributed by atoms with E-state index in [-0.39, 0.29) is 24.4 Å². The lowest BCUT2D eigenvalue weighted by Crippen LogP contribution is -3.19. The second-order valence-corrected chi connectivity index (χ2v) is 8.07. The molecule has 0 unspecified atom stereocenters. The van der Waals surface area contributed by atoms with Crippen molar-refractivity contribution in [2.45, 2.75) is 26.8 Å². The number of nitrogens with zero attached hydrogens (tertiary/aromatic N) is 1. The Balaban J connectivity index is 1.48. The van der Waals surface area contributed by atoms with Crippen molar-refractivity contribution in [2.24, 2.45) is 0 Å². The number of nitrogens with one attached hydrogen (secondary N) is 3. The number of hydrogen-bond donors (Lipinski definition) is 3. The maximum Gasteiger partial charge on any atom is 0.278 e. The third-order valence-electron chi connectivity index (χ3n) is 6.01. The topological polar surface area (TPSA) is 75.1 Å². The predicted octanol–water partition coefficient (Wildman–Crippen LogP) is 1.16. The summed E-state index contributed by atoms with van der Waals surface area (Å²) in [5, 5.41) is 5.70. The van der Waals surface area contributed by atoms with Crippen LogP contribution in [0.1, 0.15) is 18.1 Å². The molecule has 0 aromatic heterocycles. The standard InChI is InChI=1S/C24H32N4O3/c1-17-8-7-9-18(2)23(17)26-22(29)16-25-24(30)19(3)27-12-14-28(15-13-27)20-10-5-6-11-21(20)31-4/h5-11,19H,12-16H2,1-4H3,(H,25,30)(H,26,29)/p+1/t19-/m0/s1. The molecule has 0 bridgehead atoms. The Morgan fingerprint density at radius 2 is 1.71 bits per heavy atom. The summed E-state index contributed by atoms with van der Waals surface area (Å²) in [7, 11) is 1.68. The Bertz CT molecular complexity index is 903. The summed E-state index contributed by atoms with van der Waals surface area (Å²) in [6.45, 7) is 9.20. The van der Waals surface area contributed by atoms with Crippen LogP contribution in [0.3, 0.4) is 0 Å². The monoisotopic (exact) mass is 425 g/mol. The van der Waals surface area contributed by atoms with Gasteiger partial charge in [0.15, 0.2) is 6.04 Å². The van der Waals surface area contributed by atoms with Crippen LogP contribution in [-0.2, 0) is 9.59 Å². The molecule has 31 heavy (non-hydrogen) atoms. The number of benzene rings is 2. The summed E-state index contributed by atoms with van der Waals surface area (Å²) in [6.07, 6.45) is 0. The summed E-state index contributed by atoms with van der Waals surface area (Å²) in [6, 6.07) is 13.7. The number of para-hydroxylation sites is 3. The summed E-state index contributed by atoms with van der Waals surface area (Å²) in [5.41, 5.74) is 3.91. The summed E-state index contributed by atoms with van der Waals surface area (Å²) in [4.78, 5) is 28.5. The molecule has 1 aliphatic heterocycles. The van der Waals surface area contributed by atoms with Gasteiger partial charge in [0.1, 0.15) is 5.75 Å². The van der Waals surface area contributed by atoms with Crippen LogP contribution in [0.4, 0.5) is 11.4 Å². The first-order valence-electron chi connectivity index (χ1n) is 10.8. The lowest BCUT2D eigenvalue weighted by atomic mass is 10.1. The van der Waals surface area contributed by atoms with Crippen molar-refractivity contribution in [3.05, 3.63) is 53.6 Å². The molecule has 1 heterocycles. The van der Waals surface area contributed by atoms with Crippen molar-refractivity contribution >= 4 is 23.2 Å².